The lowest BCUT2D eigenvalue weighted by Gasteiger charge is -2.03. The van der Waals surface area contributed by atoms with Gasteiger partial charge in [0.15, 0.2) is 5.78 Å². The highest BCUT2D eigenvalue weighted by molar-refractivity contribution is 5.97. The Kier molecular flexibility index (Phi) is 3.19. The first-order valence-corrected chi connectivity index (χ1v) is 6.28. The molecule has 0 spiro atoms. The van der Waals surface area contributed by atoms with E-state index in [9.17, 15) is 14.7 Å². The number of pyridine rings is 1. The highest BCUT2D eigenvalue weighted by atomic mass is 16.3. The fourth-order valence-electron chi connectivity index (χ4n) is 2.02. The fraction of sp³-hybridized carbons (Fsp3) is 0.0667. The molecule has 0 aliphatic rings. The Balaban J connectivity index is 1.96. The fourth-order valence-corrected chi connectivity index (χ4v) is 2.02. The van der Waals surface area contributed by atoms with Gasteiger partial charge in [-0.25, -0.2) is 4.98 Å². The molecule has 0 amide bonds. The number of nitrogens with one attached hydrogen (secondary N) is 1. The van der Waals surface area contributed by atoms with Gasteiger partial charge in [0.25, 0.3) is 5.56 Å². The Labute approximate surface area is 119 Å². The number of phenolic OH excluding ortho intramolecular Hbond substituents is 1. The third kappa shape index (κ3) is 2.64. The SMILES string of the molecule is O=C(Cc1nc2cnccc2[nH]c1=O)c1cccc(O)c1. The molecule has 0 radical (unpaired) electrons. The van der Waals surface area contributed by atoms with Crippen LogP contribution >= 0.6 is 0 Å². The first kappa shape index (κ1) is 13.0. The summed E-state index contributed by atoms with van der Waals surface area (Å²) in [6.45, 7) is 0. The van der Waals surface area contributed by atoms with E-state index in [1.165, 1.54) is 18.3 Å². The first-order valence-electron chi connectivity index (χ1n) is 6.28. The zero-order valence-electron chi connectivity index (χ0n) is 10.9. The van der Waals surface area contributed by atoms with Crippen molar-refractivity contribution in [1.29, 1.82) is 0 Å². The molecule has 6 heteroatoms. The van der Waals surface area contributed by atoms with E-state index < -0.39 is 5.56 Å². The number of Topliss-reactive ketones (excluding diaryl/α,β-unsaturated/α-hetero) is 1. The largest absolute Gasteiger partial charge is 0.508 e. The Hall–Kier alpha value is -3.02. The van der Waals surface area contributed by atoms with Crippen molar-refractivity contribution in [2.75, 3.05) is 0 Å². The van der Waals surface area contributed by atoms with Crippen LogP contribution in [0.15, 0.2) is 47.5 Å². The van der Waals surface area contributed by atoms with E-state index in [4.69, 9.17) is 0 Å². The number of carbonyl (C=O) groups is 1. The van der Waals surface area contributed by atoms with E-state index in [0.717, 1.165) is 0 Å². The average Bonchev–Trinajstić information content (AvgIpc) is 2.48. The maximum atomic E-state index is 12.1. The molecule has 2 heterocycles. The summed E-state index contributed by atoms with van der Waals surface area (Å²) in [5.74, 6) is -0.280. The molecule has 3 aromatic rings. The third-order valence-corrected chi connectivity index (χ3v) is 3.06. The van der Waals surface area contributed by atoms with Gasteiger partial charge >= 0.3 is 0 Å². The van der Waals surface area contributed by atoms with Crippen molar-refractivity contribution in [3.8, 4) is 5.75 Å². The summed E-state index contributed by atoms with van der Waals surface area (Å²) in [5, 5.41) is 9.38. The van der Waals surface area contributed by atoms with Gasteiger partial charge in [-0.05, 0) is 18.2 Å². The number of ketones is 1. The van der Waals surface area contributed by atoms with Gasteiger partial charge in [0.1, 0.15) is 17.0 Å². The molecule has 0 aliphatic carbocycles. The lowest BCUT2D eigenvalue weighted by molar-refractivity contribution is 0.0991. The quantitative estimate of drug-likeness (QED) is 0.708. The van der Waals surface area contributed by atoms with Crippen molar-refractivity contribution in [1.82, 2.24) is 15.0 Å². The molecule has 0 aliphatic heterocycles. The second-order valence-corrected chi connectivity index (χ2v) is 4.56. The minimum atomic E-state index is -0.401. The topological polar surface area (TPSA) is 95.9 Å². The van der Waals surface area contributed by atoms with E-state index in [1.54, 1.807) is 24.4 Å². The van der Waals surface area contributed by atoms with Crippen LogP contribution < -0.4 is 5.56 Å². The Bertz CT molecular complexity index is 886. The van der Waals surface area contributed by atoms with E-state index in [1.807, 2.05) is 0 Å². The summed E-state index contributed by atoms with van der Waals surface area (Å²) < 4.78 is 0. The van der Waals surface area contributed by atoms with Crippen LogP contribution in [0.5, 0.6) is 5.75 Å². The second-order valence-electron chi connectivity index (χ2n) is 4.56. The summed E-state index contributed by atoms with van der Waals surface area (Å²) in [4.78, 5) is 34.8. The van der Waals surface area contributed by atoms with Gasteiger partial charge in [-0.3, -0.25) is 14.6 Å². The number of benzene rings is 1. The molecule has 0 unspecified atom stereocenters. The van der Waals surface area contributed by atoms with Gasteiger partial charge < -0.3 is 10.1 Å². The highest BCUT2D eigenvalue weighted by Gasteiger charge is 2.12. The molecule has 21 heavy (non-hydrogen) atoms. The molecule has 104 valence electrons. The minimum Gasteiger partial charge on any atom is -0.508 e. The third-order valence-electron chi connectivity index (χ3n) is 3.06. The Morgan fingerprint density at radius 2 is 2.14 bits per heavy atom. The van der Waals surface area contributed by atoms with Gasteiger partial charge in [0.05, 0.1) is 18.1 Å². The van der Waals surface area contributed by atoms with E-state index in [-0.39, 0.29) is 23.6 Å². The van der Waals surface area contributed by atoms with Crippen molar-refractivity contribution < 1.29 is 9.90 Å². The number of phenols is 1. The highest BCUT2D eigenvalue weighted by Crippen LogP contribution is 2.13. The van der Waals surface area contributed by atoms with Crippen LogP contribution in [0, 0.1) is 0 Å². The molecule has 2 N–H and O–H groups in total. The van der Waals surface area contributed by atoms with Crippen LogP contribution in [-0.4, -0.2) is 25.8 Å². The van der Waals surface area contributed by atoms with Crippen LogP contribution in [0.4, 0.5) is 0 Å². The summed E-state index contributed by atoms with van der Waals surface area (Å²) in [6, 6.07) is 7.64. The van der Waals surface area contributed by atoms with Crippen molar-refractivity contribution in [2.45, 2.75) is 6.42 Å². The standard InChI is InChI=1S/C15H11N3O3/c19-10-3-1-2-9(6-10)14(20)7-12-15(21)18-11-4-5-16-8-13(11)17-12/h1-6,8,19H,7H2,(H,18,21). The van der Waals surface area contributed by atoms with Crippen LogP contribution in [-0.2, 0) is 6.42 Å². The second kappa shape index (κ2) is 5.16. The lowest BCUT2D eigenvalue weighted by Crippen LogP contribution is -2.19. The molecule has 0 saturated heterocycles. The predicted octanol–water partition coefficient (Wildman–Crippen LogP) is 1.45. The maximum absolute atomic E-state index is 12.1. The summed E-state index contributed by atoms with van der Waals surface area (Å²) in [6.07, 6.45) is 2.94. The number of hydrogen-bond acceptors (Lipinski definition) is 5. The number of nitrogens with zero attached hydrogens (tertiary/aromatic N) is 2. The molecule has 0 fully saturated rings. The molecular formula is C15H11N3O3. The number of H-pyrrole nitrogens is 1. The molecule has 2 aromatic heterocycles. The molecule has 0 atom stereocenters. The van der Waals surface area contributed by atoms with Crippen molar-refractivity contribution in [3.63, 3.8) is 0 Å². The number of aromatic nitrogens is 3. The molecule has 6 nitrogen and oxygen atoms in total. The summed E-state index contributed by atoms with van der Waals surface area (Å²) in [7, 11) is 0. The number of rotatable bonds is 3. The zero-order chi connectivity index (χ0) is 14.8. The molecule has 3 rings (SSSR count). The van der Waals surface area contributed by atoms with Gasteiger partial charge in [0.2, 0.25) is 0 Å². The van der Waals surface area contributed by atoms with Crippen molar-refractivity contribution in [2.24, 2.45) is 0 Å². The number of hydrogen-bond donors (Lipinski definition) is 2. The summed E-state index contributed by atoms with van der Waals surface area (Å²) >= 11 is 0. The maximum Gasteiger partial charge on any atom is 0.270 e. The number of aromatic hydroxyl groups is 1. The van der Waals surface area contributed by atoms with E-state index >= 15 is 0 Å². The Morgan fingerprint density at radius 1 is 1.29 bits per heavy atom. The smallest absolute Gasteiger partial charge is 0.270 e. The monoisotopic (exact) mass is 281 g/mol. The van der Waals surface area contributed by atoms with E-state index in [2.05, 4.69) is 15.0 Å². The predicted molar refractivity (Wildman–Crippen MR) is 76.3 cm³/mol. The van der Waals surface area contributed by atoms with Crippen molar-refractivity contribution in [3.05, 3.63) is 64.3 Å². The van der Waals surface area contributed by atoms with Crippen LogP contribution in [0.1, 0.15) is 16.1 Å². The molecular weight excluding hydrogens is 270 g/mol. The van der Waals surface area contributed by atoms with E-state index in [0.29, 0.717) is 16.6 Å². The van der Waals surface area contributed by atoms with Crippen LogP contribution in [0.25, 0.3) is 11.0 Å². The van der Waals surface area contributed by atoms with Crippen LogP contribution in [0.3, 0.4) is 0 Å². The molecule has 0 saturated carbocycles. The zero-order valence-corrected chi connectivity index (χ0v) is 10.9. The normalized spacial score (nSPS) is 10.7. The van der Waals surface area contributed by atoms with Gasteiger partial charge in [-0.1, -0.05) is 12.1 Å². The summed E-state index contributed by atoms with van der Waals surface area (Å²) in [5.41, 5.74) is 1.16. The molecule has 1 aromatic carbocycles. The number of carbonyl (C=O) groups excluding carboxylic acids is 1. The number of fused-ring (bicyclic) bond motifs is 1. The van der Waals surface area contributed by atoms with Gasteiger partial charge in [-0.2, -0.15) is 0 Å². The number of aromatic amines is 1. The average molecular weight is 281 g/mol. The van der Waals surface area contributed by atoms with Crippen molar-refractivity contribution >= 4 is 16.8 Å². The van der Waals surface area contributed by atoms with Gasteiger partial charge in [0, 0.05) is 11.8 Å². The van der Waals surface area contributed by atoms with Crippen LogP contribution in [0.2, 0.25) is 0 Å². The minimum absolute atomic E-state index is 0.00503. The van der Waals surface area contributed by atoms with Gasteiger partial charge in [-0.15, -0.1) is 0 Å². The first-order chi connectivity index (χ1) is 10.1. The molecule has 0 bridgehead atoms. The lowest BCUT2D eigenvalue weighted by atomic mass is 10.1. The Morgan fingerprint density at radius 3 is 2.95 bits per heavy atom.